The van der Waals surface area contributed by atoms with Crippen LogP contribution in [-0.2, 0) is 0 Å². The number of nitrogens with zero attached hydrogens (tertiary/aromatic N) is 1. The minimum atomic E-state index is 0.374. The molecule has 1 saturated heterocycles. The Kier molecular flexibility index (Phi) is 3.64. The highest BCUT2D eigenvalue weighted by Gasteiger charge is 2.20. The van der Waals surface area contributed by atoms with Crippen molar-refractivity contribution in [2.75, 3.05) is 38.2 Å². The van der Waals surface area contributed by atoms with Gasteiger partial charge in [0.15, 0.2) is 0 Å². The van der Waals surface area contributed by atoms with Crippen molar-refractivity contribution in [2.45, 2.75) is 6.04 Å². The van der Waals surface area contributed by atoms with Crippen LogP contribution in [0.2, 0.25) is 0 Å². The lowest BCUT2D eigenvalue weighted by Crippen LogP contribution is -2.53. The van der Waals surface area contributed by atoms with E-state index in [2.05, 4.69) is 16.3 Å². The summed E-state index contributed by atoms with van der Waals surface area (Å²) in [4.78, 5) is 2.33. The van der Waals surface area contributed by atoms with Gasteiger partial charge < -0.3 is 20.7 Å². The molecule has 1 heterocycles. The molecular formula is C12H19N3O. The van der Waals surface area contributed by atoms with Crippen molar-refractivity contribution in [3.8, 4) is 5.75 Å². The van der Waals surface area contributed by atoms with Gasteiger partial charge in [-0.2, -0.15) is 0 Å². The molecule has 0 saturated carbocycles. The highest BCUT2D eigenvalue weighted by Crippen LogP contribution is 2.28. The smallest absolute Gasteiger partial charge is 0.142 e. The van der Waals surface area contributed by atoms with Gasteiger partial charge in [-0.3, -0.25) is 0 Å². The van der Waals surface area contributed by atoms with Crippen molar-refractivity contribution in [3.05, 3.63) is 24.3 Å². The third-order valence-corrected chi connectivity index (χ3v) is 2.97. The normalized spacial score (nSPS) is 20.9. The molecule has 0 amide bonds. The van der Waals surface area contributed by atoms with Crippen LogP contribution >= 0.6 is 0 Å². The molecule has 3 N–H and O–H groups in total. The first-order valence-electron chi connectivity index (χ1n) is 5.66. The largest absolute Gasteiger partial charge is 0.495 e. The average Bonchev–Trinajstić information content (AvgIpc) is 2.38. The lowest BCUT2D eigenvalue weighted by molar-refractivity contribution is 0.408. The fourth-order valence-corrected chi connectivity index (χ4v) is 2.09. The number of piperazine rings is 1. The number of anilines is 1. The third-order valence-electron chi connectivity index (χ3n) is 2.97. The monoisotopic (exact) mass is 221 g/mol. The van der Waals surface area contributed by atoms with Gasteiger partial charge in [0, 0.05) is 32.2 Å². The van der Waals surface area contributed by atoms with E-state index in [9.17, 15) is 0 Å². The summed E-state index contributed by atoms with van der Waals surface area (Å²) in [7, 11) is 1.71. The molecule has 0 spiro atoms. The van der Waals surface area contributed by atoms with Gasteiger partial charge in [0.2, 0.25) is 0 Å². The molecule has 1 aliphatic heterocycles. The second-order valence-electron chi connectivity index (χ2n) is 4.00. The number of ether oxygens (including phenoxy) is 1. The van der Waals surface area contributed by atoms with Crippen molar-refractivity contribution in [2.24, 2.45) is 5.73 Å². The fourth-order valence-electron chi connectivity index (χ4n) is 2.09. The highest BCUT2D eigenvalue weighted by atomic mass is 16.5. The van der Waals surface area contributed by atoms with E-state index in [4.69, 9.17) is 10.5 Å². The van der Waals surface area contributed by atoms with Crippen LogP contribution in [0.25, 0.3) is 0 Å². The third kappa shape index (κ3) is 2.28. The van der Waals surface area contributed by atoms with E-state index >= 15 is 0 Å². The number of para-hydroxylation sites is 2. The first-order chi connectivity index (χ1) is 7.85. The van der Waals surface area contributed by atoms with E-state index in [1.165, 1.54) is 0 Å². The number of hydrogen-bond donors (Lipinski definition) is 2. The number of benzene rings is 1. The van der Waals surface area contributed by atoms with Crippen molar-refractivity contribution in [1.29, 1.82) is 0 Å². The van der Waals surface area contributed by atoms with E-state index < -0.39 is 0 Å². The number of rotatable bonds is 3. The minimum absolute atomic E-state index is 0.374. The van der Waals surface area contributed by atoms with Crippen LogP contribution in [-0.4, -0.2) is 39.3 Å². The van der Waals surface area contributed by atoms with E-state index in [0.717, 1.165) is 31.1 Å². The van der Waals surface area contributed by atoms with E-state index in [1.807, 2.05) is 18.2 Å². The Morgan fingerprint density at radius 1 is 1.50 bits per heavy atom. The summed E-state index contributed by atoms with van der Waals surface area (Å²) >= 11 is 0. The molecule has 0 radical (unpaired) electrons. The average molecular weight is 221 g/mol. The first-order valence-corrected chi connectivity index (χ1v) is 5.66. The molecule has 0 bridgehead atoms. The Bertz CT molecular complexity index is 343. The number of nitrogens with one attached hydrogen (secondary N) is 1. The van der Waals surface area contributed by atoms with Crippen molar-refractivity contribution >= 4 is 5.69 Å². The van der Waals surface area contributed by atoms with Gasteiger partial charge in [0.25, 0.3) is 0 Å². The summed E-state index contributed by atoms with van der Waals surface area (Å²) < 4.78 is 5.37. The number of nitrogens with two attached hydrogens (primary N) is 1. The summed E-state index contributed by atoms with van der Waals surface area (Å²) in [5, 5.41) is 3.40. The van der Waals surface area contributed by atoms with Gasteiger partial charge in [-0.25, -0.2) is 0 Å². The Labute approximate surface area is 96.4 Å². The van der Waals surface area contributed by atoms with Crippen LogP contribution < -0.4 is 20.7 Å². The molecule has 1 fully saturated rings. The van der Waals surface area contributed by atoms with Crippen LogP contribution in [0.15, 0.2) is 24.3 Å². The van der Waals surface area contributed by atoms with Crippen LogP contribution in [0.1, 0.15) is 0 Å². The first kappa shape index (κ1) is 11.2. The Balaban J connectivity index is 2.16. The maximum absolute atomic E-state index is 5.69. The number of hydrogen-bond acceptors (Lipinski definition) is 4. The molecule has 16 heavy (non-hydrogen) atoms. The van der Waals surface area contributed by atoms with Gasteiger partial charge in [-0.15, -0.1) is 0 Å². The molecule has 4 heteroatoms. The van der Waals surface area contributed by atoms with Gasteiger partial charge in [-0.05, 0) is 12.1 Å². The molecule has 0 aliphatic carbocycles. The second-order valence-corrected chi connectivity index (χ2v) is 4.00. The minimum Gasteiger partial charge on any atom is -0.495 e. The van der Waals surface area contributed by atoms with Gasteiger partial charge in [0.05, 0.1) is 12.8 Å². The van der Waals surface area contributed by atoms with Gasteiger partial charge in [-0.1, -0.05) is 12.1 Å². The molecule has 1 aromatic carbocycles. The van der Waals surface area contributed by atoms with Crippen LogP contribution in [0.3, 0.4) is 0 Å². The molecule has 1 unspecified atom stereocenters. The van der Waals surface area contributed by atoms with Crippen molar-refractivity contribution in [1.82, 2.24) is 5.32 Å². The predicted molar refractivity (Wildman–Crippen MR) is 66.1 cm³/mol. The molecule has 4 nitrogen and oxygen atoms in total. The molecule has 1 atom stereocenters. The molecule has 1 aliphatic rings. The van der Waals surface area contributed by atoms with Crippen LogP contribution in [0, 0.1) is 0 Å². The Morgan fingerprint density at radius 2 is 2.31 bits per heavy atom. The Morgan fingerprint density at radius 3 is 3.06 bits per heavy atom. The van der Waals surface area contributed by atoms with Crippen LogP contribution in [0.4, 0.5) is 5.69 Å². The lowest BCUT2D eigenvalue weighted by atomic mass is 10.1. The van der Waals surface area contributed by atoms with Crippen molar-refractivity contribution < 1.29 is 4.74 Å². The zero-order chi connectivity index (χ0) is 11.4. The van der Waals surface area contributed by atoms with E-state index in [-0.39, 0.29) is 0 Å². The zero-order valence-corrected chi connectivity index (χ0v) is 9.65. The maximum Gasteiger partial charge on any atom is 0.142 e. The summed E-state index contributed by atoms with van der Waals surface area (Å²) in [5.41, 5.74) is 6.85. The second kappa shape index (κ2) is 5.18. The number of methoxy groups -OCH3 is 1. The standard InChI is InChI=1S/C12H19N3O/c1-16-12-5-3-2-4-11(12)15-7-6-14-10(8-13)9-15/h2-5,10,14H,6-9,13H2,1H3. The van der Waals surface area contributed by atoms with E-state index in [0.29, 0.717) is 12.6 Å². The van der Waals surface area contributed by atoms with Crippen molar-refractivity contribution in [3.63, 3.8) is 0 Å². The molecular weight excluding hydrogens is 202 g/mol. The van der Waals surface area contributed by atoms with Gasteiger partial charge >= 0.3 is 0 Å². The fraction of sp³-hybridized carbons (Fsp3) is 0.500. The lowest BCUT2D eigenvalue weighted by Gasteiger charge is -2.35. The highest BCUT2D eigenvalue weighted by molar-refractivity contribution is 5.58. The summed E-state index contributed by atoms with van der Waals surface area (Å²) in [6.07, 6.45) is 0. The zero-order valence-electron chi connectivity index (χ0n) is 9.65. The topological polar surface area (TPSA) is 50.5 Å². The Hall–Kier alpha value is -1.26. The molecule has 2 rings (SSSR count). The molecule has 1 aromatic rings. The quantitative estimate of drug-likeness (QED) is 0.777. The SMILES string of the molecule is COc1ccccc1N1CCNC(CN)C1. The van der Waals surface area contributed by atoms with Gasteiger partial charge in [0.1, 0.15) is 5.75 Å². The summed E-state index contributed by atoms with van der Waals surface area (Å²) in [6.45, 7) is 3.58. The predicted octanol–water partition coefficient (Wildman–Crippen LogP) is 0.432. The molecule has 0 aromatic heterocycles. The summed E-state index contributed by atoms with van der Waals surface area (Å²) in [6, 6.07) is 8.49. The summed E-state index contributed by atoms with van der Waals surface area (Å²) in [5.74, 6) is 0.931. The maximum atomic E-state index is 5.69. The molecule has 88 valence electrons. The van der Waals surface area contributed by atoms with E-state index in [1.54, 1.807) is 7.11 Å². The van der Waals surface area contributed by atoms with Crippen LogP contribution in [0.5, 0.6) is 5.75 Å².